The van der Waals surface area contributed by atoms with Gasteiger partial charge in [-0.05, 0) is 36.5 Å². The molecule has 0 aliphatic carbocycles. The predicted molar refractivity (Wildman–Crippen MR) is 62.2 cm³/mol. The first-order valence-electron chi connectivity index (χ1n) is 5.06. The number of hydrogen-bond donors (Lipinski definition) is 1. The molecule has 1 unspecified atom stereocenters. The van der Waals surface area contributed by atoms with E-state index in [0.717, 1.165) is 11.4 Å². The average molecular weight is 210 g/mol. The smallest absolute Gasteiger partial charge is 0.0464 e. The summed E-state index contributed by atoms with van der Waals surface area (Å²) in [6.07, 6.45) is 1.13. The molecule has 0 saturated carbocycles. The highest BCUT2D eigenvalue weighted by atomic mass is 35.5. The third kappa shape index (κ3) is 1.50. The molecule has 2 rings (SSSR count). The van der Waals surface area contributed by atoms with Crippen LogP contribution in [0.25, 0.3) is 0 Å². The average Bonchev–Trinajstić information content (AvgIpc) is 2.00. The summed E-state index contributed by atoms with van der Waals surface area (Å²) in [7, 11) is 0. The largest absolute Gasteiger partial charge is 0.382 e. The lowest BCUT2D eigenvalue weighted by atomic mass is 9.76. The van der Waals surface area contributed by atoms with Crippen molar-refractivity contribution in [3.8, 4) is 0 Å². The Bertz CT molecular complexity index is 357. The van der Waals surface area contributed by atoms with Crippen molar-refractivity contribution in [1.82, 2.24) is 0 Å². The van der Waals surface area contributed by atoms with Crippen LogP contribution in [0.15, 0.2) is 18.2 Å². The molecule has 1 aromatic carbocycles. The summed E-state index contributed by atoms with van der Waals surface area (Å²) in [4.78, 5) is 0. The number of nitrogens with one attached hydrogen (secondary N) is 1. The van der Waals surface area contributed by atoms with E-state index in [4.69, 9.17) is 11.6 Å². The van der Waals surface area contributed by atoms with Crippen molar-refractivity contribution < 1.29 is 0 Å². The number of fused-ring (bicyclic) bond motifs is 1. The molecule has 2 heteroatoms. The number of rotatable bonds is 0. The first-order chi connectivity index (χ1) is 6.50. The second-order valence-electron chi connectivity index (χ2n) is 4.80. The van der Waals surface area contributed by atoms with Crippen molar-refractivity contribution in [1.29, 1.82) is 0 Å². The van der Waals surface area contributed by atoms with E-state index in [-0.39, 0.29) is 5.41 Å². The number of anilines is 1. The fourth-order valence-electron chi connectivity index (χ4n) is 2.52. The van der Waals surface area contributed by atoms with Gasteiger partial charge in [0.05, 0.1) is 0 Å². The monoisotopic (exact) mass is 209 g/mol. The number of benzene rings is 1. The SMILES string of the molecule is CC1CC(C)(C)c2c(Cl)cccc2N1. The topological polar surface area (TPSA) is 12.0 Å². The lowest BCUT2D eigenvalue weighted by Crippen LogP contribution is -2.34. The van der Waals surface area contributed by atoms with Gasteiger partial charge in [-0.1, -0.05) is 31.5 Å². The Hall–Kier alpha value is -0.690. The summed E-state index contributed by atoms with van der Waals surface area (Å²) in [6.45, 7) is 6.73. The van der Waals surface area contributed by atoms with Gasteiger partial charge in [-0.15, -0.1) is 0 Å². The Balaban J connectivity index is 2.58. The van der Waals surface area contributed by atoms with E-state index in [2.05, 4.69) is 32.2 Å². The van der Waals surface area contributed by atoms with Gasteiger partial charge in [-0.3, -0.25) is 0 Å². The molecule has 1 atom stereocenters. The molecule has 0 saturated heterocycles. The van der Waals surface area contributed by atoms with Gasteiger partial charge < -0.3 is 5.32 Å². The minimum absolute atomic E-state index is 0.179. The maximum Gasteiger partial charge on any atom is 0.0464 e. The molecule has 1 N–H and O–H groups in total. The van der Waals surface area contributed by atoms with Crippen molar-refractivity contribution in [3.63, 3.8) is 0 Å². The second kappa shape index (κ2) is 3.16. The Morgan fingerprint density at radius 2 is 2.14 bits per heavy atom. The summed E-state index contributed by atoms with van der Waals surface area (Å²) in [6, 6.07) is 6.61. The molecule has 0 bridgehead atoms. The third-order valence-electron chi connectivity index (χ3n) is 2.91. The van der Waals surface area contributed by atoms with Gasteiger partial charge in [-0.2, -0.15) is 0 Å². The minimum Gasteiger partial charge on any atom is -0.382 e. The van der Waals surface area contributed by atoms with Gasteiger partial charge in [0.25, 0.3) is 0 Å². The normalized spacial score (nSPS) is 23.9. The molecule has 0 spiro atoms. The Morgan fingerprint density at radius 3 is 2.86 bits per heavy atom. The molecule has 0 amide bonds. The molecule has 76 valence electrons. The van der Waals surface area contributed by atoms with Crippen molar-refractivity contribution in [2.45, 2.75) is 38.6 Å². The maximum atomic E-state index is 6.23. The molecule has 1 aliphatic rings. The van der Waals surface area contributed by atoms with Crippen molar-refractivity contribution in [2.75, 3.05) is 5.32 Å². The second-order valence-corrected chi connectivity index (χ2v) is 5.20. The minimum atomic E-state index is 0.179. The van der Waals surface area contributed by atoms with E-state index in [0.29, 0.717) is 6.04 Å². The van der Waals surface area contributed by atoms with E-state index in [9.17, 15) is 0 Å². The van der Waals surface area contributed by atoms with Crippen molar-refractivity contribution >= 4 is 17.3 Å². The van der Waals surface area contributed by atoms with Gasteiger partial charge in [0.15, 0.2) is 0 Å². The zero-order valence-corrected chi connectivity index (χ0v) is 9.65. The van der Waals surface area contributed by atoms with Crippen LogP contribution in [0.1, 0.15) is 32.8 Å². The molecule has 0 fully saturated rings. The van der Waals surface area contributed by atoms with Crippen LogP contribution >= 0.6 is 11.6 Å². The highest BCUT2D eigenvalue weighted by Gasteiger charge is 2.32. The molecule has 1 heterocycles. The molecule has 1 nitrogen and oxygen atoms in total. The quantitative estimate of drug-likeness (QED) is 0.685. The van der Waals surface area contributed by atoms with E-state index in [1.54, 1.807) is 0 Å². The number of halogens is 1. The highest BCUT2D eigenvalue weighted by Crippen LogP contribution is 2.42. The molecule has 0 radical (unpaired) electrons. The van der Waals surface area contributed by atoms with Crippen LogP contribution < -0.4 is 5.32 Å². The molecular formula is C12H16ClN. The van der Waals surface area contributed by atoms with Gasteiger partial charge >= 0.3 is 0 Å². The molecule has 14 heavy (non-hydrogen) atoms. The molecule has 0 aromatic heterocycles. The Labute approximate surface area is 90.5 Å². The third-order valence-corrected chi connectivity index (χ3v) is 3.22. The number of hydrogen-bond acceptors (Lipinski definition) is 1. The standard InChI is InChI=1S/C12H16ClN/c1-8-7-12(2,3)11-9(13)5-4-6-10(11)14-8/h4-6,8,14H,7H2,1-3H3. The van der Waals surface area contributed by atoms with Gasteiger partial charge in [0.1, 0.15) is 0 Å². The van der Waals surface area contributed by atoms with Crippen LogP contribution in [0.4, 0.5) is 5.69 Å². The molecular weight excluding hydrogens is 194 g/mol. The first-order valence-corrected chi connectivity index (χ1v) is 5.44. The first kappa shape index (κ1) is 9.85. The summed E-state index contributed by atoms with van der Waals surface area (Å²) in [5.74, 6) is 0. The van der Waals surface area contributed by atoms with E-state index in [1.165, 1.54) is 11.3 Å². The molecule has 1 aliphatic heterocycles. The summed E-state index contributed by atoms with van der Waals surface area (Å²) in [5, 5.41) is 4.35. The van der Waals surface area contributed by atoms with Crippen LogP contribution in [-0.2, 0) is 5.41 Å². The lowest BCUT2D eigenvalue weighted by Gasteiger charge is -2.37. The van der Waals surface area contributed by atoms with Crippen LogP contribution in [0, 0.1) is 0 Å². The van der Waals surface area contributed by atoms with E-state index >= 15 is 0 Å². The lowest BCUT2D eigenvalue weighted by molar-refractivity contribution is 0.434. The highest BCUT2D eigenvalue weighted by molar-refractivity contribution is 6.32. The van der Waals surface area contributed by atoms with Gasteiger partial charge in [0.2, 0.25) is 0 Å². The van der Waals surface area contributed by atoms with Gasteiger partial charge in [0, 0.05) is 16.8 Å². The summed E-state index contributed by atoms with van der Waals surface area (Å²) < 4.78 is 0. The summed E-state index contributed by atoms with van der Waals surface area (Å²) in [5.41, 5.74) is 2.64. The fourth-order valence-corrected chi connectivity index (χ4v) is 2.95. The fraction of sp³-hybridized carbons (Fsp3) is 0.500. The zero-order chi connectivity index (χ0) is 10.3. The summed E-state index contributed by atoms with van der Waals surface area (Å²) >= 11 is 6.23. The van der Waals surface area contributed by atoms with Gasteiger partial charge in [-0.25, -0.2) is 0 Å². The predicted octanol–water partition coefficient (Wildman–Crippen LogP) is 3.82. The van der Waals surface area contributed by atoms with Crippen LogP contribution in [-0.4, -0.2) is 6.04 Å². The van der Waals surface area contributed by atoms with Crippen molar-refractivity contribution in [3.05, 3.63) is 28.8 Å². The maximum absolute atomic E-state index is 6.23. The van der Waals surface area contributed by atoms with Crippen LogP contribution in [0.5, 0.6) is 0 Å². The Morgan fingerprint density at radius 1 is 1.43 bits per heavy atom. The molecule has 1 aromatic rings. The van der Waals surface area contributed by atoms with E-state index in [1.807, 2.05) is 12.1 Å². The van der Waals surface area contributed by atoms with Crippen LogP contribution in [0.2, 0.25) is 5.02 Å². The van der Waals surface area contributed by atoms with Crippen molar-refractivity contribution in [2.24, 2.45) is 0 Å². The Kier molecular flexibility index (Phi) is 2.23. The zero-order valence-electron chi connectivity index (χ0n) is 8.89. The van der Waals surface area contributed by atoms with Crippen LogP contribution in [0.3, 0.4) is 0 Å². The van der Waals surface area contributed by atoms with E-state index < -0.39 is 0 Å².